The van der Waals surface area contributed by atoms with Crippen LogP contribution in [0.15, 0.2) is 29.2 Å². The average molecular weight is 426 g/mol. The largest absolute Gasteiger partial charge is 0.484 e. The number of nitrogens with zero attached hydrogens (tertiary/aromatic N) is 1. The van der Waals surface area contributed by atoms with Crippen LogP contribution in [-0.4, -0.2) is 71.3 Å². The van der Waals surface area contributed by atoms with Crippen molar-refractivity contribution in [2.24, 2.45) is 0 Å². The van der Waals surface area contributed by atoms with Gasteiger partial charge in [0.1, 0.15) is 5.75 Å². The molecule has 0 radical (unpaired) electrons. The maximum Gasteiger partial charge on any atom is 0.257 e. The van der Waals surface area contributed by atoms with Crippen molar-refractivity contribution < 1.29 is 22.7 Å². The van der Waals surface area contributed by atoms with Gasteiger partial charge in [-0.15, -0.1) is 0 Å². The van der Waals surface area contributed by atoms with E-state index in [9.17, 15) is 13.2 Å². The van der Waals surface area contributed by atoms with Crippen LogP contribution in [0, 0.1) is 0 Å². The normalized spacial score (nSPS) is 19.0. The summed E-state index contributed by atoms with van der Waals surface area (Å²) in [5.41, 5.74) is 0. The van der Waals surface area contributed by atoms with E-state index in [0.717, 1.165) is 58.5 Å². The molecule has 3 rings (SSSR count). The van der Waals surface area contributed by atoms with E-state index in [0.29, 0.717) is 12.3 Å². The number of hydrogen-bond acceptors (Lipinski definition) is 6. The second-order valence-electron chi connectivity index (χ2n) is 7.52. The van der Waals surface area contributed by atoms with Crippen LogP contribution in [0.2, 0.25) is 0 Å². The van der Waals surface area contributed by atoms with Crippen molar-refractivity contribution in [3.8, 4) is 5.75 Å². The lowest BCUT2D eigenvalue weighted by molar-refractivity contribution is -0.123. The molecule has 1 aromatic carbocycles. The first-order valence-corrected chi connectivity index (χ1v) is 11.8. The third-order valence-electron chi connectivity index (χ3n) is 5.28. The summed E-state index contributed by atoms with van der Waals surface area (Å²) in [5.74, 6) is 0.263. The van der Waals surface area contributed by atoms with Gasteiger partial charge in [0.05, 0.1) is 18.1 Å². The van der Waals surface area contributed by atoms with E-state index in [1.165, 1.54) is 18.6 Å². The summed E-state index contributed by atoms with van der Waals surface area (Å²) in [4.78, 5) is 14.4. The molecule has 1 amide bonds. The average Bonchev–Trinajstić information content (AvgIpc) is 2.74. The van der Waals surface area contributed by atoms with Crippen molar-refractivity contribution >= 4 is 15.9 Å². The number of nitrogens with one attached hydrogen (secondary N) is 2. The fraction of sp³-hybridized carbons (Fsp3) is 0.650. The Morgan fingerprint density at radius 1 is 1.10 bits per heavy atom. The van der Waals surface area contributed by atoms with Gasteiger partial charge in [-0.05, 0) is 37.1 Å². The van der Waals surface area contributed by atoms with Gasteiger partial charge in [0.2, 0.25) is 10.0 Å². The first-order chi connectivity index (χ1) is 14.0. The predicted octanol–water partition coefficient (Wildman–Crippen LogP) is 1.12. The van der Waals surface area contributed by atoms with Crippen LogP contribution >= 0.6 is 0 Å². The molecule has 1 aromatic rings. The molecular formula is C20H31N3O5S. The standard InChI is InChI=1S/C20H31N3O5S/c24-20(21-10-11-23-12-14-27-15-13-23)16-28-18-6-8-19(9-7-18)29(25,26)22-17-4-2-1-3-5-17/h6-9,17,22H,1-5,10-16H2,(H,21,24). The lowest BCUT2D eigenvalue weighted by Crippen LogP contribution is -2.42. The monoisotopic (exact) mass is 425 g/mol. The number of morpholine rings is 1. The molecule has 0 spiro atoms. The van der Waals surface area contributed by atoms with E-state index in [1.54, 1.807) is 12.1 Å². The predicted molar refractivity (Wildman–Crippen MR) is 109 cm³/mol. The Morgan fingerprint density at radius 2 is 1.79 bits per heavy atom. The molecule has 8 nitrogen and oxygen atoms in total. The Balaban J connectivity index is 1.39. The topological polar surface area (TPSA) is 97.0 Å². The van der Waals surface area contributed by atoms with Gasteiger partial charge in [-0.2, -0.15) is 0 Å². The molecule has 0 atom stereocenters. The number of ether oxygens (including phenoxy) is 2. The molecule has 2 N–H and O–H groups in total. The molecule has 2 fully saturated rings. The Morgan fingerprint density at radius 3 is 2.48 bits per heavy atom. The minimum Gasteiger partial charge on any atom is -0.484 e. The van der Waals surface area contributed by atoms with E-state index < -0.39 is 10.0 Å². The number of amides is 1. The molecule has 1 saturated carbocycles. The number of carbonyl (C=O) groups excluding carboxylic acids is 1. The molecule has 1 aliphatic heterocycles. The van der Waals surface area contributed by atoms with Crippen LogP contribution in [0.25, 0.3) is 0 Å². The van der Waals surface area contributed by atoms with Gasteiger partial charge in [0.25, 0.3) is 5.91 Å². The molecule has 1 aliphatic carbocycles. The first kappa shape index (κ1) is 22.0. The summed E-state index contributed by atoms with van der Waals surface area (Å²) < 4.78 is 38.5. The lowest BCUT2D eigenvalue weighted by Gasteiger charge is -2.26. The zero-order valence-corrected chi connectivity index (χ0v) is 17.6. The summed E-state index contributed by atoms with van der Waals surface area (Å²) in [6, 6.07) is 6.20. The third kappa shape index (κ3) is 7.26. The van der Waals surface area contributed by atoms with Gasteiger partial charge < -0.3 is 14.8 Å². The quantitative estimate of drug-likeness (QED) is 0.616. The molecule has 9 heteroatoms. The van der Waals surface area contributed by atoms with Gasteiger partial charge in [0.15, 0.2) is 6.61 Å². The Hall–Kier alpha value is -1.68. The number of sulfonamides is 1. The second-order valence-corrected chi connectivity index (χ2v) is 9.23. The number of carbonyl (C=O) groups is 1. The number of hydrogen-bond donors (Lipinski definition) is 2. The highest BCUT2D eigenvalue weighted by Gasteiger charge is 2.21. The van der Waals surface area contributed by atoms with Crippen molar-refractivity contribution in [1.82, 2.24) is 14.9 Å². The maximum atomic E-state index is 12.5. The van der Waals surface area contributed by atoms with E-state index in [-0.39, 0.29) is 23.5 Å². The molecule has 0 aromatic heterocycles. The smallest absolute Gasteiger partial charge is 0.257 e. The highest BCUT2D eigenvalue weighted by molar-refractivity contribution is 7.89. The van der Waals surface area contributed by atoms with Crippen LogP contribution in [0.1, 0.15) is 32.1 Å². The first-order valence-electron chi connectivity index (χ1n) is 10.3. The van der Waals surface area contributed by atoms with Crippen LogP contribution in [0.5, 0.6) is 5.75 Å². The van der Waals surface area contributed by atoms with Gasteiger partial charge in [0, 0.05) is 32.2 Å². The zero-order valence-electron chi connectivity index (χ0n) is 16.8. The third-order valence-corrected chi connectivity index (χ3v) is 6.82. The molecule has 29 heavy (non-hydrogen) atoms. The van der Waals surface area contributed by atoms with E-state index >= 15 is 0 Å². The fourth-order valence-corrected chi connectivity index (χ4v) is 4.91. The molecule has 2 aliphatic rings. The van der Waals surface area contributed by atoms with Crippen molar-refractivity contribution in [3.05, 3.63) is 24.3 Å². The summed E-state index contributed by atoms with van der Waals surface area (Å²) in [6.45, 7) is 4.49. The van der Waals surface area contributed by atoms with Crippen molar-refractivity contribution in [2.75, 3.05) is 46.0 Å². The summed E-state index contributed by atoms with van der Waals surface area (Å²) in [7, 11) is -3.53. The molecule has 1 heterocycles. The van der Waals surface area contributed by atoms with Crippen molar-refractivity contribution in [2.45, 2.75) is 43.0 Å². The van der Waals surface area contributed by atoms with Crippen LogP contribution < -0.4 is 14.8 Å². The SMILES string of the molecule is O=C(COc1ccc(S(=O)(=O)NC2CCCCC2)cc1)NCCN1CCOCC1. The summed E-state index contributed by atoms with van der Waals surface area (Å²) >= 11 is 0. The van der Waals surface area contributed by atoms with Crippen molar-refractivity contribution in [3.63, 3.8) is 0 Å². The van der Waals surface area contributed by atoms with Crippen molar-refractivity contribution in [1.29, 1.82) is 0 Å². The van der Waals surface area contributed by atoms with Gasteiger partial charge >= 0.3 is 0 Å². The fourth-order valence-electron chi connectivity index (χ4n) is 3.60. The summed E-state index contributed by atoms with van der Waals surface area (Å²) in [5, 5.41) is 2.83. The van der Waals surface area contributed by atoms with E-state index in [2.05, 4.69) is 14.9 Å². The Labute approximate surface area is 173 Å². The lowest BCUT2D eigenvalue weighted by atomic mass is 9.96. The minimum absolute atomic E-state index is 0.0193. The van der Waals surface area contributed by atoms with Crippen LogP contribution in [-0.2, 0) is 19.6 Å². The maximum absolute atomic E-state index is 12.5. The van der Waals surface area contributed by atoms with Gasteiger partial charge in [-0.25, -0.2) is 13.1 Å². The zero-order chi connectivity index (χ0) is 20.5. The molecule has 0 bridgehead atoms. The molecule has 162 valence electrons. The number of rotatable bonds is 9. The Bertz CT molecular complexity index is 742. The number of benzene rings is 1. The molecule has 1 saturated heterocycles. The van der Waals surface area contributed by atoms with Crippen LogP contribution in [0.4, 0.5) is 0 Å². The second kappa shape index (κ2) is 10.9. The van der Waals surface area contributed by atoms with E-state index in [4.69, 9.17) is 9.47 Å². The highest BCUT2D eigenvalue weighted by atomic mass is 32.2. The molecular weight excluding hydrogens is 394 g/mol. The summed E-state index contributed by atoms with van der Waals surface area (Å²) in [6.07, 6.45) is 5.08. The highest BCUT2D eigenvalue weighted by Crippen LogP contribution is 2.21. The van der Waals surface area contributed by atoms with Crippen LogP contribution in [0.3, 0.4) is 0 Å². The van der Waals surface area contributed by atoms with E-state index in [1.807, 2.05) is 0 Å². The Kier molecular flexibility index (Phi) is 8.29. The minimum atomic E-state index is -3.53. The van der Waals surface area contributed by atoms with Gasteiger partial charge in [-0.3, -0.25) is 9.69 Å². The van der Waals surface area contributed by atoms with Gasteiger partial charge in [-0.1, -0.05) is 19.3 Å². The molecule has 0 unspecified atom stereocenters.